The van der Waals surface area contributed by atoms with Gasteiger partial charge in [0.25, 0.3) is 0 Å². The Morgan fingerprint density at radius 1 is 1.03 bits per heavy atom. The molecule has 1 aliphatic heterocycles. The lowest BCUT2D eigenvalue weighted by molar-refractivity contribution is -0.128. The summed E-state index contributed by atoms with van der Waals surface area (Å²) in [6, 6.07) is 13.7. The normalized spacial score (nSPS) is 14.0. The molecule has 2 aromatic heterocycles. The van der Waals surface area contributed by atoms with Crippen LogP contribution in [0, 0.1) is 6.92 Å². The monoisotopic (exact) mass is 494 g/mol. The number of amides is 1. The van der Waals surface area contributed by atoms with Crippen LogP contribution in [-0.2, 0) is 16.1 Å². The molecule has 0 spiro atoms. The van der Waals surface area contributed by atoms with Gasteiger partial charge in [-0.2, -0.15) is 0 Å². The van der Waals surface area contributed by atoms with Crippen molar-refractivity contribution >= 4 is 29.5 Å². The number of nitrogens with zero attached hydrogens (tertiary/aromatic N) is 6. The number of esters is 1. The van der Waals surface area contributed by atoms with Gasteiger partial charge in [-0.1, -0.05) is 42.1 Å². The molecule has 1 amide bonds. The quantitative estimate of drug-likeness (QED) is 0.349. The maximum atomic E-state index is 13.0. The maximum absolute atomic E-state index is 13.0. The first kappa shape index (κ1) is 24.7. The fraction of sp³-hybridized carbons (Fsp3) is 0.400. The summed E-state index contributed by atoms with van der Waals surface area (Å²) < 4.78 is 7.06. The Hall–Kier alpha value is -3.40. The van der Waals surface area contributed by atoms with Crippen molar-refractivity contribution in [2.24, 2.45) is 0 Å². The van der Waals surface area contributed by atoms with E-state index in [1.54, 1.807) is 19.2 Å². The van der Waals surface area contributed by atoms with E-state index in [1.807, 2.05) is 40.7 Å². The number of hydrogen-bond donors (Lipinski definition) is 0. The lowest BCUT2D eigenvalue weighted by atomic mass is 10.2. The van der Waals surface area contributed by atoms with E-state index in [0.717, 1.165) is 29.8 Å². The highest BCUT2D eigenvalue weighted by atomic mass is 32.2. The first-order valence-corrected chi connectivity index (χ1v) is 12.8. The zero-order chi connectivity index (χ0) is 24.6. The number of thioether (sulfide) groups is 1. The van der Waals surface area contributed by atoms with Crippen molar-refractivity contribution < 1.29 is 14.3 Å². The summed E-state index contributed by atoms with van der Waals surface area (Å²) in [6.45, 7) is 7.52. The van der Waals surface area contributed by atoms with Crippen LogP contribution in [0.15, 0.2) is 53.8 Å². The van der Waals surface area contributed by atoms with Crippen molar-refractivity contribution in [1.82, 2.24) is 24.6 Å². The van der Waals surface area contributed by atoms with E-state index in [9.17, 15) is 9.59 Å². The first-order valence-electron chi connectivity index (χ1n) is 11.8. The number of anilines is 1. The van der Waals surface area contributed by atoms with Crippen molar-refractivity contribution in [1.29, 1.82) is 0 Å². The number of hydrogen-bond acceptors (Lipinski definition) is 8. The Balaban J connectivity index is 1.31. The van der Waals surface area contributed by atoms with Gasteiger partial charge in [0.2, 0.25) is 5.91 Å². The number of aromatic nitrogens is 4. The molecular formula is C25H30N6O3S. The molecule has 1 aliphatic rings. The molecule has 9 nitrogen and oxygen atoms in total. The van der Waals surface area contributed by atoms with Gasteiger partial charge in [-0.05, 0) is 38.0 Å². The van der Waals surface area contributed by atoms with Crippen molar-refractivity contribution in [2.45, 2.75) is 32.0 Å². The van der Waals surface area contributed by atoms with Gasteiger partial charge in [-0.3, -0.25) is 4.79 Å². The Labute approximate surface area is 209 Å². The van der Waals surface area contributed by atoms with E-state index in [0.29, 0.717) is 44.1 Å². The van der Waals surface area contributed by atoms with E-state index in [1.165, 1.54) is 17.3 Å². The van der Waals surface area contributed by atoms with Crippen LogP contribution in [0.2, 0.25) is 0 Å². The van der Waals surface area contributed by atoms with Gasteiger partial charge >= 0.3 is 5.97 Å². The van der Waals surface area contributed by atoms with E-state index < -0.39 is 0 Å². The lowest BCUT2D eigenvalue weighted by Gasteiger charge is -2.23. The summed E-state index contributed by atoms with van der Waals surface area (Å²) in [5.74, 6) is 1.67. The molecule has 1 aromatic carbocycles. The molecule has 0 N–H and O–H groups in total. The highest BCUT2D eigenvalue weighted by Crippen LogP contribution is 2.20. The Morgan fingerprint density at radius 2 is 1.86 bits per heavy atom. The van der Waals surface area contributed by atoms with Gasteiger partial charge in [0.1, 0.15) is 11.6 Å². The predicted octanol–water partition coefficient (Wildman–Crippen LogP) is 3.04. The second kappa shape index (κ2) is 11.8. The Kier molecular flexibility index (Phi) is 8.36. The number of carbonyl (C=O) groups is 2. The lowest BCUT2D eigenvalue weighted by Crippen LogP contribution is -2.36. The van der Waals surface area contributed by atoms with Crippen LogP contribution in [0.25, 0.3) is 0 Å². The van der Waals surface area contributed by atoms with Crippen LogP contribution >= 0.6 is 11.8 Å². The fourth-order valence-corrected chi connectivity index (χ4v) is 4.82. The summed E-state index contributed by atoms with van der Waals surface area (Å²) in [5.41, 5.74) is 1.61. The third kappa shape index (κ3) is 6.39. The molecule has 0 saturated carbocycles. The highest BCUT2D eigenvalue weighted by Gasteiger charge is 2.21. The molecule has 3 heterocycles. The topological polar surface area (TPSA) is 93.5 Å². The van der Waals surface area contributed by atoms with E-state index in [-0.39, 0.29) is 11.9 Å². The summed E-state index contributed by atoms with van der Waals surface area (Å²) in [7, 11) is 0. The SMILES string of the molecule is CCOC(=O)c1ccc(N2CCCN(C(=O)CSc3nnc(C)n3Cc3ccccc3)CC2)nc1. The van der Waals surface area contributed by atoms with Crippen LogP contribution in [0.4, 0.5) is 5.82 Å². The molecule has 0 radical (unpaired) electrons. The predicted molar refractivity (Wildman–Crippen MR) is 135 cm³/mol. The highest BCUT2D eigenvalue weighted by molar-refractivity contribution is 7.99. The first-order chi connectivity index (χ1) is 17.0. The molecule has 184 valence electrons. The van der Waals surface area contributed by atoms with E-state index >= 15 is 0 Å². The average molecular weight is 495 g/mol. The second-order valence-electron chi connectivity index (χ2n) is 8.24. The molecule has 0 unspecified atom stereocenters. The Bertz CT molecular complexity index is 1140. The van der Waals surface area contributed by atoms with E-state index in [4.69, 9.17) is 4.74 Å². The summed E-state index contributed by atoms with van der Waals surface area (Å²) in [5, 5.41) is 9.25. The number of carbonyl (C=O) groups excluding carboxylic acids is 2. The third-order valence-corrected chi connectivity index (χ3v) is 6.79. The molecule has 0 atom stereocenters. The third-order valence-electron chi connectivity index (χ3n) is 5.84. The van der Waals surface area contributed by atoms with Gasteiger partial charge in [0, 0.05) is 32.4 Å². The Morgan fingerprint density at radius 3 is 2.60 bits per heavy atom. The second-order valence-corrected chi connectivity index (χ2v) is 9.18. The van der Waals surface area contributed by atoms with Gasteiger partial charge in [-0.15, -0.1) is 10.2 Å². The summed E-state index contributed by atoms with van der Waals surface area (Å²) >= 11 is 1.43. The molecule has 10 heteroatoms. The molecule has 4 rings (SSSR count). The standard InChI is InChI=1S/C25H30N6O3S/c1-3-34-24(33)21-10-11-22(26-16-21)29-12-7-13-30(15-14-29)23(32)18-35-25-28-27-19(2)31(25)17-20-8-5-4-6-9-20/h4-6,8-11,16H,3,7,12-15,17-18H2,1-2H3. The van der Waals surface area contributed by atoms with Crippen LogP contribution < -0.4 is 4.90 Å². The number of ether oxygens (including phenoxy) is 1. The zero-order valence-electron chi connectivity index (χ0n) is 20.1. The minimum Gasteiger partial charge on any atom is -0.462 e. The summed E-state index contributed by atoms with van der Waals surface area (Å²) in [6.07, 6.45) is 2.40. The van der Waals surface area contributed by atoms with Crippen LogP contribution in [-0.4, -0.2) is 75.1 Å². The van der Waals surface area contributed by atoms with Crippen LogP contribution in [0.3, 0.4) is 0 Å². The maximum Gasteiger partial charge on any atom is 0.339 e. The van der Waals surface area contributed by atoms with Crippen LogP contribution in [0.5, 0.6) is 0 Å². The van der Waals surface area contributed by atoms with Crippen LogP contribution in [0.1, 0.15) is 35.1 Å². The molecule has 1 saturated heterocycles. The van der Waals surface area contributed by atoms with Crippen molar-refractivity contribution in [3.63, 3.8) is 0 Å². The molecule has 35 heavy (non-hydrogen) atoms. The van der Waals surface area contributed by atoms with Gasteiger partial charge in [-0.25, -0.2) is 9.78 Å². The molecule has 0 bridgehead atoms. The van der Waals surface area contributed by atoms with E-state index in [2.05, 4.69) is 32.2 Å². The van der Waals surface area contributed by atoms with Gasteiger partial charge < -0.3 is 19.1 Å². The van der Waals surface area contributed by atoms with Crippen molar-refractivity contribution in [3.8, 4) is 0 Å². The van der Waals surface area contributed by atoms with Crippen molar-refractivity contribution in [2.75, 3.05) is 43.4 Å². The fourth-order valence-electron chi connectivity index (χ4n) is 3.94. The molecular weight excluding hydrogens is 464 g/mol. The molecule has 1 fully saturated rings. The molecule has 3 aromatic rings. The van der Waals surface area contributed by atoms with Gasteiger partial charge in [0.05, 0.1) is 24.5 Å². The van der Waals surface area contributed by atoms with Gasteiger partial charge in [0.15, 0.2) is 5.16 Å². The summed E-state index contributed by atoms with van der Waals surface area (Å²) in [4.78, 5) is 33.3. The zero-order valence-corrected chi connectivity index (χ0v) is 20.9. The average Bonchev–Trinajstić information content (AvgIpc) is 3.07. The minimum absolute atomic E-state index is 0.0920. The minimum atomic E-state index is -0.369. The number of aryl methyl sites for hydroxylation is 1. The number of pyridine rings is 1. The number of benzene rings is 1. The smallest absolute Gasteiger partial charge is 0.339 e. The largest absolute Gasteiger partial charge is 0.462 e. The molecule has 0 aliphatic carbocycles. The number of rotatable bonds is 8. The van der Waals surface area contributed by atoms with Crippen molar-refractivity contribution in [3.05, 3.63) is 65.6 Å².